The zero-order valence-corrected chi connectivity index (χ0v) is 18.2. The molecule has 2 aromatic rings. The van der Waals surface area contributed by atoms with Gasteiger partial charge in [0.05, 0.1) is 13.2 Å². The van der Waals surface area contributed by atoms with Crippen LogP contribution in [0.15, 0.2) is 30.3 Å². The number of methoxy groups -OCH3 is 1. The van der Waals surface area contributed by atoms with Crippen molar-refractivity contribution in [1.29, 1.82) is 0 Å². The number of benzene rings is 2. The first-order valence-electron chi connectivity index (χ1n) is 9.96. The molecular weight excluding hydrogens is 450 g/mol. The molecule has 4 N–H and O–H groups in total. The van der Waals surface area contributed by atoms with Gasteiger partial charge in [-0.15, -0.1) is 0 Å². The molecule has 0 spiro atoms. The molecule has 0 saturated carbocycles. The fourth-order valence-electron chi connectivity index (χ4n) is 3.77. The van der Waals surface area contributed by atoms with E-state index in [-0.39, 0.29) is 34.9 Å². The van der Waals surface area contributed by atoms with Gasteiger partial charge in [-0.3, -0.25) is 0 Å². The van der Waals surface area contributed by atoms with Gasteiger partial charge in [0.25, 0.3) is 0 Å². The van der Waals surface area contributed by atoms with E-state index in [4.69, 9.17) is 25.8 Å². The maximum atomic E-state index is 14.6. The number of ether oxygens (including phenoxy) is 3. The standard InChI is InChI=1S/C22H25ClF2O7/c1-3-31-15-7-4-11(17(24)18(15)25)8-12-9-13(5-6-14(12)23)22(30-2)21(29)20(28)19(27)16(10-26)32-22/h4-7,9,16,19-21,26-29H,3,8,10H2,1-2H3/t16-,19-,20+,21-,22?/m1/s1. The Kier molecular flexibility index (Phi) is 7.72. The van der Waals surface area contributed by atoms with E-state index in [1.807, 2.05) is 0 Å². The summed E-state index contributed by atoms with van der Waals surface area (Å²) in [6.07, 6.45) is -6.31. The highest BCUT2D eigenvalue weighted by Gasteiger charge is 2.55. The van der Waals surface area contributed by atoms with Gasteiger partial charge in [-0.25, -0.2) is 4.39 Å². The molecule has 32 heavy (non-hydrogen) atoms. The zero-order valence-electron chi connectivity index (χ0n) is 17.5. The summed E-state index contributed by atoms with van der Waals surface area (Å²) >= 11 is 6.28. The molecule has 7 nitrogen and oxygen atoms in total. The molecule has 5 atom stereocenters. The summed E-state index contributed by atoms with van der Waals surface area (Å²) < 4.78 is 45.0. The SMILES string of the molecule is CCOc1ccc(Cc2cc(C3(OC)O[C@H](CO)[C@@H](O)[C@H](O)[C@H]3O)ccc2Cl)c(F)c1F. The normalized spacial score (nSPS) is 28.0. The van der Waals surface area contributed by atoms with Crippen LogP contribution in [-0.2, 0) is 21.7 Å². The van der Waals surface area contributed by atoms with E-state index in [1.165, 1.54) is 37.4 Å². The second-order valence-electron chi connectivity index (χ2n) is 7.40. The smallest absolute Gasteiger partial charge is 0.224 e. The summed E-state index contributed by atoms with van der Waals surface area (Å²) in [5.74, 6) is -4.34. The first kappa shape index (κ1) is 24.8. The van der Waals surface area contributed by atoms with E-state index in [0.717, 1.165) is 0 Å². The third-order valence-corrected chi connectivity index (χ3v) is 5.88. The molecule has 0 aromatic heterocycles. The maximum Gasteiger partial charge on any atom is 0.224 e. The first-order chi connectivity index (χ1) is 15.2. The Bertz CT molecular complexity index is 958. The molecule has 1 aliphatic rings. The minimum absolute atomic E-state index is 0.0188. The van der Waals surface area contributed by atoms with Crippen LogP contribution in [0, 0.1) is 11.6 Å². The van der Waals surface area contributed by atoms with Crippen molar-refractivity contribution in [3.8, 4) is 5.75 Å². The minimum Gasteiger partial charge on any atom is -0.491 e. The van der Waals surface area contributed by atoms with Crippen LogP contribution in [0.2, 0.25) is 5.02 Å². The largest absolute Gasteiger partial charge is 0.491 e. The van der Waals surface area contributed by atoms with E-state index in [1.54, 1.807) is 6.92 Å². The fraction of sp³-hybridized carbons (Fsp3) is 0.455. The maximum absolute atomic E-state index is 14.6. The molecule has 1 unspecified atom stereocenters. The number of aliphatic hydroxyl groups excluding tert-OH is 4. The van der Waals surface area contributed by atoms with Crippen molar-refractivity contribution in [2.24, 2.45) is 0 Å². The average molecular weight is 475 g/mol. The molecule has 2 aromatic carbocycles. The lowest BCUT2D eigenvalue weighted by molar-refractivity contribution is -0.366. The molecule has 1 fully saturated rings. The summed E-state index contributed by atoms with van der Waals surface area (Å²) in [6, 6.07) is 7.08. The Morgan fingerprint density at radius 2 is 1.78 bits per heavy atom. The third-order valence-electron chi connectivity index (χ3n) is 5.51. The molecule has 176 valence electrons. The van der Waals surface area contributed by atoms with Crippen molar-refractivity contribution in [1.82, 2.24) is 0 Å². The number of hydrogen-bond acceptors (Lipinski definition) is 7. The molecule has 3 rings (SSSR count). The first-order valence-corrected chi connectivity index (χ1v) is 10.3. The predicted molar refractivity (Wildman–Crippen MR) is 110 cm³/mol. The van der Waals surface area contributed by atoms with Crippen LogP contribution in [0.5, 0.6) is 5.75 Å². The summed E-state index contributed by atoms with van der Waals surface area (Å²) in [6.45, 7) is 1.19. The fourth-order valence-corrected chi connectivity index (χ4v) is 3.96. The number of hydrogen-bond donors (Lipinski definition) is 4. The second-order valence-corrected chi connectivity index (χ2v) is 7.81. The topological polar surface area (TPSA) is 109 Å². The van der Waals surface area contributed by atoms with Crippen LogP contribution in [0.1, 0.15) is 23.6 Å². The summed E-state index contributed by atoms with van der Waals surface area (Å²) in [5.41, 5.74) is 0.577. The van der Waals surface area contributed by atoms with Crippen molar-refractivity contribution >= 4 is 11.6 Å². The molecule has 10 heteroatoms. The quantitative estimate of drug-likeness (QED) is 0.485. The van der Waals surface area contributed by atoms with Gasteiger partial charge in [-0.2, -0.15) is 4.39 Å². The number of rotatable bonds is 7. The van der Waals surface area contributed by atoms with E-state index in [0.29, 0.717) is 5.56 Å². The Balaban J connectivity index is 2.01. The van der Waals surface area contributed by atoms with Crippen molar-refractivity contribution in [3.63, 3.8) is 0 Å². The third kappa shape index (κ3) is 4.34. The van der Waals surface area contributed by atoms with Gasteiger partial charge >= 0.3 is 0 Å². The van der Waals surface area contributed by atoms with Crippen molar-refractivity contribution in [2.75, 3.05) is 20.3 Å². The monoisotopic (exact) mass is 474 g/mol. The summed E-state index contributed by atoms with van der Waals surface area (Å²) in [7, 11) is 1.22. The summed E-state index contributed by atoms with van der Waals surface area (Å²) in [5, 5.41) is 40.7. The lowest BCUT2D eigenvalue weighted by Crippen LogP contribution is -2.64. The highest BCUT2D eigenvalue weighted by molar-refractivity contribution is 6.31. The van der Waals surface area contributed by atoms with Crippen molar-refractivity contribution in [2.45, 2.75) is 43.5 Å². The second kappa shape index (κ2) is 9.96. The Morgan fingerprint density at radius 3 is 2.41 bits per heavy atom. The van der Waals surface area contributed by atoms with E-state index >= 15 is 0 Å². The van der Waals surface area contributed by atoms with Crippen LogP contribution in [0.3, 0.4) is 0 Å². The number of halogens is 3. The van der Waals surface area contributed by atoms with Gasteiger partial charge in [0.15, 0.2) is 11.6 Å². The highest BCUT2D eigenvalue weighted by Crippen LogP contribution is 2.40. The van der Waals surface area contributed by atoms with Crippen molar-refractivity contribution in [3.05, 3.63) is 63.7 Å². The molecule has 1 aliphatic heterocycles. The molecule has 1 saturated heterocycles. The lowest BCUT2D eigenvalue weighted by atomic mass is 9.87. The van der Waals surface area contributed by atoms with Crippen molar-refractivity contribution < 1.29 is 43.4 Å². The van der Waals surface area contributed by atoms with Gasteiger partial charge in [-0.1, -0.05) is 23.7 Å². The van der Waals surface area contributed by atoms with E-state index in [2.05, 4.69) is 0 Å². The van der Waals surface area contributed by atoms with Crippen LogP contribution >= 0.6 is 11.6 Å². The zero-order chi connectivity index (χ0) is 23.6. The highest BCUT2D eigenvalue weighted by atomic mass is 35.5. The molecule has 1 heterocycles. The van der Waals surface area contributed by atoms with Crippen LogP contribution in [0.4, 0.5) is 8.78 Å². The van der Waals surface area contributed by atoms with Crippen LogP contribution in [0.25, 0.3) is 0 Å². The average Bonchev–Trinajstić information content (AvgIpc) is 2.79. The summed E-state index contributed by atoms with van der Waals surface area (Å²) in [4.78, 5) is 0. The Labute approximate surface area is 188 Å². The molecule has 0 bridgehead atoms. The van der Waals surface area contributed by atoms with Gasteiger partial charge < -0.3 is 34.6 Å². The Morgan fingerprint density at radius 1 is 1.06 bits per heavy atom. The van der Waals surface area contributed by atoms with Crippen LogP contribution in [-0.4, -0.2) is 65.2 Å². The molecule has 0 radical (unpaired) electrons. The molecule has 0 amide bonds. The van der Waals surface area contributed by atoms with E-state index < -0.39 is 48.4 Å². The van der Waals surface area contributed by atoms with Crippen LogP contribution < -0.4 is 4.74 Å². The van der Waals surface area contributed by atoms with Gasteiger partial charge in [0.1, 0.15) is 24.4 Å². The van der Waals surface area contributed by atoms with E-state index in [9.17, 15) is 29.2 Å². The van der Waals surface area contributed by atoms with Gasteiger partial charge in [-0.05, 0) is 36.2 Å². The minimum atomic E-state index is -1.95. The predicted octanol–water partition coefficient (Wildman–Crippen LogP) is 1.88. The Hall–Kier alpha value is -1.85. The van der Waals surface area contributed by atoms with Gasteiger partial charge in [0, 0.05) is 24.1 Å². The van der Waals surface area contributed by atoms with Gasteiger partial charge in [0.2, 0.25) is 11.6 Å². The molecular formula is C22H25ClF2O7. The molecule has 0 aliphatic carbocycles. The lowest BCUT2D eigenvalue weighted by Gasteiger charge is -2.47. The number of aliphatic hydroxyl groups is 4.